The highest BCUT2D eigenvalue weighted by Crippen LogP contribution is 2.43. The van der Waals surface area contributed by atoms with E-state index >= 15 is 0 Å². The van der Waals surface area contributed by atoms with Gasteiger partial charge in [0.05, 0.1) is 5.56 Å². The summed E-state index contributed by atoms with van der Waals surface area (Å²) in [4.78, 5) is 31.4. The summed E-state index contributed by atoms with van der Waals surface area (Å²) in [6.07, 6.45) is 1.74. The molecule has 7 heteroatoms. The van der Waals surface area contributed by atoms with Crippen LogP contribution < -0.4 is 9.57 Å². The summed E-state index contributed by atoms with van der Waals surface area (Å²) in [5, 5.41) is 10.0. The first-order valence-electron chi connectivity index (χ1n) is 8.38. The van der Waals surface area contributed by atoms with E-state index in [1.165, 1.54) is 4.73 Å². The van der Waals surface area contributed by atoms with Crippen LogP contribution in [0.1, 0.15) is 36.9 Å². The molecule has 2 aromatic rings. The molecule has 2 bridgehead atoms. The summed E-state index contributed by atoms with van der Waals surface area (Å²) < 4.78 is 6.71. The number of hydrogen-bond donors (Lipinski definition) is 0. The SMILES string of the molecule is CCN1CCC(c2c3c4cccc(C#N)c4n2OC(=O)C(=O)O3)CC1. The maximum atomic E-state index is 11.9. The van der Waals surface area contributed by atoms with Gasteiger partial charge in [-0.1, -0.05) is 13.0 Å². The molecular formula is C18H17N3O4. The van der Waals surface area contributed by atoms with Crippen molar-refractivity contribution in [1.29, 1.82) is 5.26 Å². The highest BCUT2D eigenvalue weighted by atomic mass is 16.7. The molecule has 0 aliphatic carbocycles. The number of benzene rings is 1. The Hall–Kier alpha value is -2.85. The molecule has 0 atom stereocenters. The first kappa shape index (κ1) is 15.7. The number of nitriles is 1. The summed E-state index contributed by atoms with van der Waals surface area (Å²) in [5.74, 6) is -1.67. The standard InChI is InChI=1S/C18H17N3O4/c1-2-20-8-6-11(7-9-20)15-16-13-5-3-4-12(10-19)14(13)21(15)25-18(23)17(22)24-16/h3-5,11H,2,6-9H2,1H3. The second-order valence-electron chi connectivity index (χ2n) is 6.30. The molecule has 0 unspecified atom stereocenters. The van der Waals surface area contributed by atoms with Gasteiger partial charge in [-0.2, -0.15) is 9.99 Å². The van der Waals surface area contributed by atoms with Crippen LogP contribution in [-0.2, 0) is 9.59 Å². The Morgan fingerprint density at radius 2 is 2.00 bits per heavy atom. The quantitative estimate of drug-likeness (QED) is 0.610. The number of para-hydroxylation sites is 1. The Balaban J connectivity index is 1.91. The summed E-state index contributed by atoms with van der Waals surface area (Å²) >= 11 is 0. The maximum absolute atomic E-state index is 11.9. The fourth-order valence-corrected chi connectivity index (χ4v) is 3.72. The fourth-order valence-electron chi connectivity index (χ4n) is 3.72. The lowest BCUT2D eigenvalue weighted by Gasteiger charge is -2.31. The molecule has 0 saturated carbocycles. The van der Waals surface area contributed by atoms with Gasteiger partial charge in [0.1, 0.15) is 17.3 Å². The van der Waals surface area contributed by atoms with Crippen molar-refractivity contribution in [2.45, 2.75) is 25.7 Å². The molecule has 0 spiro atoms. The van der Waals surface area contributed by atoms with Crippen LogP contribution in [0.5, 0.6) is 5.75 Å². The molecule has 1 aromatic carbocycles. The summed E-state index contributed by atoms with van der Waals surface area (Å²) in [5.41, 5.74) is 1.53. The van der Waals surface area contributed by atoms with E-state index in [1.54, 1.807) is 18.2 Å². The van der Waals surface area contributed by atoms with Crippen molar-refractivity contribution in [2.24, 2.45) is 0 Å². The number of aromatic nitrogens is 1. The van der Waals surface area contributed by atoms with E-state index in [4.69, 9.17) is 9.57 Å². The van der Waals surface area contributed by atoms with Crippen molar-refractivity contribution in [2.75, 3.05) is 19.6 Å². The lowest BCUT2D eigenvalue weighted by Crippen LogP contribution is -2.34. The summed E-state index contributed by atoms with van der Waals surface area (Å²) in [7, 11) is 0. The molecule has 0 N–H and O–H groups in total. The van der Waals surface area contributed by atoms with Gasteiger partial charge in [-0.15, -0.1) is 0 Å². The Labute approximate surface area is 144 Å². The molecule has 3 heterocycles. The van der Waals surface area contributed by atoms with Crippen LogP contribution in [-0.4, -0.2) is 41.2 Å². The first-order chi connectivity index (χ1) is 12.1. The Kier molecular flexibility index (Phi) is 3.70. The maximum Gasteiger partial charge on any atom is 0.442 e. The van der Waals surface area contributed by atoms with Gasteiger partial charge in [0.2, 0.25) is 0 Å². The van der Waals surface area contributed by atoms with E-state index in [0.717, 1.165) is 32.5 Å². The number of nitrogens with zero attached hydrogens (tertiary/aromatic N) is 3. The van der Waals surface area contributed by atoms with Crippen LogP contribution in [0.3, 0.4) is 0 Å². The zero-order valence-corrected chi connectivity index (χ0v) is 13.8. The van der Waals surface area contributed by atoms with Gasteiger partial charge in [-0.3, -0.25) is 0 Å². The monoisotopic (exact) mass is 339 g/mol. The van der Waals surface area contributed by atoms with Crippen molar-refractivity contribution in [3.8, 4) is 11.8 Å². The lowest BCUT2D eigenvalue weighted by atomic mass is 9.93. The van der Waals surface area contributed by atoms with Crippen LogP contribution in [0.2, 0.25) is 0 Å². The molecule has 1 fully saturated rings. The van der Waals surface area contributed by atoms with E-state index < -0.39 is 11.9 Å². The summed E-state index contributed by atoms with van der Waals surface area (Å²) in [6, 6.07) is 7.28. The van der Waals surface area contributed by atoms with E-state index in [0.29, 0.717) is 27.9 Å². The first-order valence-corrected chi connectivity index (χ1v) is 8.38. The number of carbonyl (C=O) groups is 2. The third-order valence-corrected chi connectivity index (χ3v) is 5.01. The predicted octanol–water partition coefficient (Wildman–Crippen LogP) is 1.59. The predicted molar refractivity (Wildman–Crippen MR) is 88.0 cm³/mol. The van der Waals surface area contributed by atoms with Gasteiger partial charge in [0, 0.05) is 11.3 Å². The number of carbonyl (C=O) groups excluding carboxylic acids is 2. The van der Waals surface area contributed by atoms with E-state index in [2.05, 4.69) is 17.9 Å². The van der Waals surface area contributed by atoms with E-state index in [9.17, 15) is 14.9 Å². The molecular weight excluding hydrogens is 322 g/mol. The molecule has 1 saturated heterocycles. The molecule has 0 radical (unpaired) electrons. The Bertz CT molecular complexity index is 917. The third-order valence-electron chi connectivity index (χ3n) is 5.01. The number of fused-ring (bicyclic) bond motifs is 5. The van der Waals surface area contributed by atoms with Gasteiger partial charge in [-0.25, -0.2) is 9.59 Å². The van der Waals surface area contributed by atoms with Crippen molar-refractivity contribution in [1.82, 2.24) is 9.63 Å². The number of hydrogen-bond acceptors (Lipinski definition) is 6. The highest BCUT2D eigenvalue weighted by Gasteiger charge is 2.37. The molecule has 4 rings (SSSR count). The fraction of sp³-hybridized carbons (Fsp3) is 0.389. The molecule has 1 aromatic heterocycles. The number of ether oxygens (including phenoxy) is 1. The second-order valence-corrected chi connectivity index (χ2v) is 6.30. The molecule has 2 aliphatic rings. The van der Waals surface area contributed by atoms with Crippen LogP contribution in [0, 0.1) is 11.3 Å². The minimum absolute atomic E-state index is 0.0930. The Morgan fingerprint density at radius 3 is 2.68 bits per heavy atom. The minimum Gasteiger partial charge on any atom is -0.415 e. The third kappa shape index (κ3) is 2.37. The zero-order valence-electron chi connectivity index (χ0n) is 13.8. The zero-order chi connectivity index (χ0) is 17.6. The van der Waals surface area contributed by atoms with E-state index in [-0.39, 0.29) is 5.92 Å². The van der Waals surface area contributed by atoms with Crippen LogP contribution >= 0.6 is 0 Å². The number of piperidine rings is 1. The van der Waals surface area contributed by atoms with Crippen LogP contribution in [0.4, 0.5) is 0 Å². The average molecular weight is 339 g/mol. The molecule has 128 valence electrons. The minimum atomic E-state index is -1.07. The van der Waals surface area contributed by atoms with Gasteiger partial charge in [0.15, 0.2) is 5.75 Å². The molecule has 0 amide bonds. The normalized spacial score (nSPS) is 18.6. The van der Waals surface area contributed by atoms with Crippen molar-refractivity contribution in [3.63, 3.8) is 0 Å². The van der Waals surface area contributed by atoms with Crippen LogP contribution in [0.15, 0.2) is 18.2 Å². The van der Waals surface area contributed by atoms with Crippen molar-refractivity contribution >= 4 is 22.8 Å². The number of likely N-dealkylation sites (tertiary alicyclic amines) is 1. The Morgan fingerprint density at radius 1 is 1.24 bits per heavy atom. The number of rotatable bonds is 2. The van der Waals surface area contributed by atoms with Crippen LogP contribution in [0.25, 0.3) is 10.9 Å². The molecule has 7 nitrogen and oxygen atoms in total. The van der Waals surface area contributed by atoms with Gasteiger partial charge < -0.3 is 14.5 Å². The largest absolute Gasteiger partial charge is 0.442 e. The van der Waals surface area contributed by atoms with Crippen molar-refractivity contribution < 1.29 is 19.2 Å². The van der Waals surface area contributed by atoms with Gasteiger partial charge >= 0.3 is 11.9 Å². The van der Waals surface area contributed by atoms with Gasteiger partial charge in [0.25, 0.3) is 0 Å². The van der Waals surface area contributed by atoms with E-state index in [1.807, 2.05) is 0 Å². The number of esters is 1. The lowest BCUT2D eigenvalue weighted by molar-refractivity contribution is -0.161. The van der Waals surface area contributed by atoms with Crippen molar-refractivity contribution in [3.05, 3.63) is 29.5 Å². The average Bonchev–Trinajstić information content (AvgIpc) is 2.87. The summed E-state index contributed by atoms with van der Waals surface area (Å²) in [6.45, 7) is 4.97. The smallest absolute Gasteiger partial charge is 0.415 e. The molecule has 2 aliphatic heterocycles. The second kappa shape index (κ2) is 5.90. The highest BCUT2D eigenvalue weighted by molar-refractivity contribution is 6.31. The topological polar surface area (TPSA) is 84.6 Å². The van der Waals surface area contributed by atoms with Gasteiger partial charge in [-0.05, 0) is 44.6 Å². The molecule has 25 heavy (non-hydrogen) atoms.